The third kappa shape index (κ3) is 3.66. The van der Waals surface area contributed by atoms with E-state index in [0.29, 0.717) is 19.1 Å². The smallest absolute Gasteiger partial charge is 0.227 e. The van der Waals surface area contributed by atoms with E-state index in [2.05, 4.69) is 20.3 Å². The van der Waals surface area contributed by atoms with Gasteiger partial charge in [-0.05, 0) is 25.7 Å². The second-order valence-corrected chi connectivity index (χ2v) is 7.25. The van der Waals surface area contributed by atoms with Crippen LogP contribution in [-0.2, 0) is 11.8 Å². The van der Waals surface area contributed by atoms with Gasteiger partial charge in [0.2, 0.25) is 5.95 Å². The Morgan fingerprint density at radius 3 is 2.69 bits per heavy atom. The first kappa shape index (κ1) is 17.2. The maximum atomic E-state index is 9.75. The van der Waals surface area contributed by atoms with Crippen LogP contribution in [0.25, 0.3) is 0 Å². The van der Waals surface area contributed by atoms with Crippen molar-refractivity contribution in [1.29, 1.82) is 0 Å². The first-order chi connectivity index (χ1) is 12.6. The molecule has 1 atom stereocenters. The molecule has 0 amide bonds. The number of aromatic nitrogens is 4. The van der Waals surface area contributed by atoms with E-state index in [1.54, 1.807) is 0 Å². The molecule has 1 aliphatic carbocycles. The summed E-state index contributed by atoms with van der Waals surface area (Å²) in [5, 5.41) is 17.6. The van der Waals surface area contributed by atoms with E-state index in [9.17, 15) is 5.11 Å². The fourth-order valence-corrected chi connectivity index (χ4v) is 3.67. The van der Waals surface area contributed by atoms with Crippen LogP contribution in [0.3, 0.4) is 0 Å². The van der Waals surface area contributed by atoms with E-state index in [1.807, 2.05) is 37.1 Å². The van der Waals surface area contributed by atoms with Gasteiger partial charge in [0.1, 0.15) is 5.82 Å². The number of morpholine rings is 1. The van der Waals surface area contributed by atoms with Crippen molar-refractivity contribution in [3.8, 4) is 0 Å². The quantitative estimate of drug-likeness (QED) is 0.832. The van der Waals surface area contributed by atoms with Crippen molar-refractivity contribution < 1.29 is 9.84 Å². The number of aryl methyl sites for hydroxylation is 2. The highest BCUT2D eigenvalue weighted by molar-refractivity contribution is 5.46. The Hall–Kier alpha value is -2.19. The minimum Gasteiger partial charge on any atom is -0.393 e. The number of nitrogens with one attached hydrogen (secondary N) is 1. The van der Waals surface area contributed by atoms with Gasteiger partial charge in [0.25, 0.3) is 0 Å². The van der Waals surface area contributed by atoms with Crippen LogP contribution in [0.4, 0.5) is 11.8 Å². The summed E-state index contributed by atoms with van der Waals surface area (Å²) in [5.41, 5.74) is 2.05. The third-order valence-electron chi connectivity index (χ3n) is 5.14. The van der Waals surface area contributed by atoms with E-state index in [0.717, 1.165) is 49.0 Å². The van der Waals surface area contributed by atoms with E-state index >= 15 is 0 Å². The van der Waals surface area contributed by atoms with Gasteiger partial charge in [-0.1, -0.05) is 0 Å². The van der Waals surface area contributed by atoms with Gasteiger partial charge in [-0.25, -0.2) is 4.98 Å². The Labute approximate surface area is 153 Å². The Balaban J connectivity index is 1.57. The molecule has 3 heterocycles. The van der Waals surface area contributed by atoms with Gasteiger partial charge < -0.3 is 20.1 Å². The fourth-order valence-electron chi connectivity index (χ4n) is 3.67. The van der Waals surface area contributed by atoms with Crippen LogP contribution in [0, 0.1) is 12.8 Å². The molecular weight excluding hydrogens is 332 g/mol. The summed E-state index contributed by atoms with van der Waals surface area (Å²) in [7, 11) is 1.92. The van der Waals surface area contributed by atoms with Gasteiger partial charge in [0.15, 0.2) is 0 Å². The normalized spacial score (nSPS) is 24.2. The molecule has 0 spiro atoms. The van der Waals surface area contributed by atoms with Crippen molar-refractivity contribution in [2.75, 3.05) is 36.5 Å². The first-order valence-corrected chi connectivity index (χ1v) is 9.20. The van der Waals surface area contributed by atoms with E-state index in [4.69, 9.17) is 9.72 Å². The van der Waals surface area contributed by atoms with Crippen LogP contribution in [0.5, 0.6) is 0 Å². The highest BCUT2D eigenvalue weighted by atomic mass is 16.5. The first-order valence-electron chi connectivity index (χ1n) is 9.20. The summed E-state index contributed by atoms with van der Waals surface area (Å²) < 4.78 is 7.23. The predicted molar refractivity (Wildman–Crippen MR) is 98.1 cm³/mol. The molecular formula is C18H26N6O2. The van der Waals surface area contributed by atoms with Gasteiger partial charge in [0, 0.05) is 43.7 Å². The number of ether oxygens (including phenoxy) is 1. The lowest BCUT2D eigenvalue weighted by molar-refractivity contribution is 0.0339. The number of anilines is 2. The SMILES string of the molecule is Cc1cc(NC(c2cnn(C)c2)C2CC(O)C2)nc(N2CCOCC2)n1. The summed E-state index contributed by atoms with van der Waals surface area (Å²) in [6.45, 7) is 5.02. The average molecular weight is 358 g/mol. The summed E-state index contributed by atoms with van der Waals surface area (Å²) in [5.74, 6) is 1.93. The van der Waals surface area contributed by atoms with Gasteiger partial charge in [0.05, 0.1) is 31.6 Å². The monoisotopic (exact) mass is 358 g/mol. The second kappa shape index (κ2) is 7.20. The molecule has 1 saturated carbocycles. The predicted octanol–water partition coefficient (Wildman–Crippen LogP) is 1.28. The van der Waals surface area contributed by atoms with Gasteiger partial charge >= 0.3 is 0 Å². The zero-order chi connectivity index (χ0) is 18.1. The van der Waals surface area contributed by atoms with E-state index in [1.165, 1.54) is 0 Å². The molecule has 0 radical (unpaired) electrons. The summed E-state index contributed by atoms with van der Waals surface area (Å²) in [4.78, 5) is 11.5. The molecule has 2 fully saturated rings. The molecule has 1 unspecified atom stereocenters. The minimum absolute atomic E-state index is 0.0824. The minimum atomic E-state index is -0.197. The van der Waals surface area contributed by atoms with Crippen molar-refractivity contribution in [2.24, 2.45) is 13.0 Å². The molecule has 1 saturated heterocycles. The molecule has 2 aliphatic rings. The topological polar surface area (TPSA) is 88.3 Å². The van der Waals surface area contributed by atoms with Crippen molar-refractivity contribution >= 4 is 11.8 Å². The molecule has 2 aromatic heterocycles. The maximum Gasteiger partial charge on any atom is 0.227 e. The second-order valence-electron chi connectivity index (χ2n) is 7.25. The molecule has 8 nitrogen and oxygen atoms in total. The summed E-state index contributed by atoms with van der Waals surface area (Å²) >= 11 is 0. The lowest BCUT2D eigenvalue weighted by Gasteiger charge is -2.38. The van der Waals surface area contributed by atoms with Crippen LogP contribution < -0.4 is 10.2 Å². The Kier molecular flexibility index (Phi) is 4.78. The van der Waals surface area contributed by atoms with Crippen molar-refractivity contribution in [2.45, 2.75) is 31.9 Å². The average Bonchev–Trinajstić information content (AvgIpc) is 3.04. The molecule has 0 bridgehead atoms. The van der Waals surface area contributed by atoms with Crippen LogP contribution in [0.1, 0.15) is 30.1 Å². The standard InChI is InChI=1S/C18H26N6O2/c1-12-7-16(22-18(20-12)24-3-5-26-6-4-24)21-17(13-8-15(25)9-13)14-10-19-23(2)11-14/h7,10-11,13,15,17,25H,3-6,8-9H2,1-2H3,(H,20,21,22). The molecule has 8 heteroatoms. The number of rotatable bonds is 5. The van der Waals surface area contributed by atoms with Gasteiger partial charge in [-0.2, -0.15) is 10.1 Å². The Morgan fingerprint density at radius 2 is 2.04 bits per heavy atom. The maximum absolute atomic E-state index is 9.75. The number of aliphatic hydroxyl groups excluding tert-OH is 1. The number of hydrogen-bond donors (Lipinski definition) is 2. The van der Waals surface area contributed by atoms with Crippen LogP contribution >= 0.6 is 0 Å². The number of hydrogen-bond acceptors (Lipinski definition) is 7. The molecule has 2 aromatic rings. The van der Waals surface area contributed by atoms with E-state index < -0.39 is 0 Å². The molecule has 140 valence electrons. The molecule has 1 aliphatic heterocycles. The largest absolute Gasteiger partial charge is 0.393 e. The van der Waals surface area contributed by atoms with E-state index in [-0.39, 0.29) is 12.1 Å². The molecule has 4 rings (SSSR count). The molecule has 0 aromatic carbocycles. The molecule has 26 heavy (non-hydrogen) atoms. The number of nitrogens with zero attached hydrogens (tertiary/aromatic N) is 5. The zero-order valence-corrected chi connectivity index (χ0v) is 15.3. The van der Waals surface area contributed by atoms with Crippen molar-refractivity contribution in [3.05, 3.63) is 29.7 Å². The number of aliphatic hydroxyl groups is 1. The zero-order valence-electron chi connectivity index (χ0n) is 15.3. The van der Waals surface area contributed by atoms with Crippen LogP contribution in [0.15, 0.2) is 18.5 Å². The highest BCUT2D eigenvalue weighted by Crippen LogP contribution is 2.39. The van der Waals surface area contributed by atoms with Gasteiger partial charge in [-0.3, -0.25) is 4.68 Å². The molecule has 2 N–H and O–H groups in total. The Morgan fingerprint density at radius 1 is 1.27 bits per heavy atom. The van der Waals surface area contributed by atoms with Crippen molar-refractivity contribution in [1.82, 2.24) is 19.7 Å². The summed E-state index contributed by atoms with van der Waals surface area (Å²) in [6, 6.07) is 2.06. The van der Waals surface area contributed by atoms with Crippen LogP contribution in [0.2, 0.25) is 0 Å². The van der Waals surface area contributed by atoms with Crippen molar-refractivity contribution in [3.63, 3.8) is 0 Å². The fraction of sp³-hybridized carbons (Fsp3) is 0.611. The van der Waals surface area contributed by atoms with Gasteiger partial charge in [-0.15, -0.1) is 0 Å². The lowest BCUT2D eigenvalue weighted by atomic mass is 9.75. The van der Waals surface area contributed by atoms with Crippen LogP contribution in [-0.4, -0.2) is 57.3 Å². The Bertz CT molecular complexity index is 752. The third-order valence-corrected chi connectivity index (χ3v) is 5.14. The lowest BCUT2D eigenvalue weighted by Crippen LogP contribution is -2.38. The summed E-state index contributed by atoms with van der Waals surface area (Å²) in [6.07, 6.45) is 5.32. The highest BCUT2D eigenvalue weighted by Gasteiger charge is 2.35.